The topological polar surface area (TPSA) is 70.8 Å². The first kappa shape index (κ1) is 21.8. The first-order valence-electron chi connectivity index (χ1n) is 10.6. The van der Waals surface area contributed by atoms with Crippen LogP contribution < -0.4 is 20.7 Å². The summed E-state index contributed by atoms with van der Waals surface area (Å²) < 4.78 is 33.7. The molecule has 3 aromatic rings. The van der Waals surface area contributed by atoms with Gasteiger partial charge in [-0.25, -0.2) is 8.78 Å². The number of nitrogens with one attached hydrogen (secondary N) is 1. The highest BCUT2D eigenvalue weighted by Crippen LogP contribution is 2.39. The largest absolute Gasteiger partial charge is 0.492 e. The number of likely N-dealkylation sites (N-methyl/N-ethyl adjacent to an activating group) is 1. The number of ether oxygens (including phenoxy) is 1. The SMILES string of the molecule is CCOc1cc2ccc(C(N)=O)c(Nc3ccc(F)cc3F)c2cc1N1CCN(C)CC1. The van der Waals surface area contributed by atoms with Gasteiger partial charge in [0.05, 0.1) is 29.2 Å². The van der Waals surface area contributed by atoms with Gasteiger partial charge in [0.2, 0.25) is 0 Å². The van der Waals surface area contributed by atoms with E-state index in [4.69, 9.17) is 10.5 Å². The molecular formula is C24H26F2N4O2. The van der Waals surface area contributed by atoms with Gasteiger partial charge in [0.25, 0.3) is 5.91 Å². The van der Waals surface area contributed by atoms with Crippen LogP contribution >= 0.6 is 0 Å². The third-order valence-electron chi connectivity index (χ3n) is 5.70. The molecule has 1 aliphatic rings. The van der Waals surface area contributed by atoms with Crippen molar-refractivity contribution in [2.75, 3.05) is 50.1 Å². The van der Waals surface area contributed by atoms with Crippen LogP contribution in [-0.4, -0.2) is 50.6 Å². The molecule has 3 N–H and O–H groups in total. The number of amides is 1. The number of carbonyl (C=O) groups is 1. The third-order valence-corrected chi connectivity index (χ3v) is 5.70. The summed E-state index contributed by atoms with van der Waals surface area (Å²) in [5, 5.41) is 4.47. The Hall–Kier alpha value is -3.39. The second-order valence-electron chi connectivity index (χ2n) is 7.87. The zero-order chi connectivity index (χ0) is 22.8. The number of hydrogen-bond donors (Lipinski definition) is 2. The van der Waals surface area contributed by atoms with E-state index in [0.29, 0.717) is 17.7 Å². The molecule has 32 heavy (non-hydrogen) atoms. The molecule has 6 nitrogen and oxygen atoms in total. The lowest BCUT2D eigenvalue weighted by molar-refractivity contribution is 0.100. The molecule has 1 amide bonds. The van der Waals surface area contributed by atoms with Gasteiger partial charge in [0.1, 0.15) is 17.4 Å². The minimum absolute atomic E-state index is 0.0523. The average Bonchev–Trinajstić information content (AvgIpc) is 2.76. The fourth-order valence-electron chi connectivity index (χ4n) is 3.97. The van der Waals surface area contributed by atoms with Crippen LogP contribution in [0, 0.1) is 11.6 Å². The molecule has 0 spiro atoms. The van der Waals surface area contributed by atoms with E-state index in [0.717, 1.165) is 55.1 Å². The molecule has 0 radical (unpaired) electrons. The Morgan fingerprint density at radius 2 is 1.84 bits per heavy atom. The number of benzene rings is 3. The molecule has 0 aromatic heterocycles. The van der Waals surface area contributed by atoms with Gasteiger partial charge in [-0.3, -0.25) is 4.79 Å². The van der Waals surface area contributed by atoms with E-state index >= 15 is 0 Å². The van der Waals surface area contributed by atoms with Gasteiger partial charge in [0, 0.05) is 37.6 Å². The maximum absolute atomic E-state index is 14.4. The van der Waals surface area contributed by atoms with Crippen LogP contribution in [0.25, 0.3) is 10.8 Å². The van der Waals surface area contributed by atoms with Gasteiger partial charge in [0.15, 0.2) is 0 Å². The van der Waals surface area contributed by atoms with Crippen molar-refractivity contribution in [1.82, 2.24) is 4.90 Å². The van der Waals surface area contributed by atoms with Crippen molar-refractivity contribution in [1.29, 1.82) is 0 Å². The minimum atomic E-state index is -0.761. The Morgan fingerprint density at radius 1 is 1.09 bits per heavy atom. The van der Waals surface area contributed by atoms with E-state index < -0.39 is 17.5 Å². The number of anilines is 3. The van der Waals surface area contributed by atoms with Gasteiger partial charge >= 0.3 is 0 Å². The number of carbonyl (C=O) groups excluding carboxylic acids is 1. The molecule has 0 aliphatic carbocycles. The zero-order valence-corrected chi connectivity index (χ0v) is 18.1. The molecule has 1 aliphatic heterocycles. The monoisotopic (exact) mass is 440 g/mol. The number of primary amides is 1. The van der Waals surface area contributed by atoms with E-state index in [1.807, 2.05) is 19.1 Å². The molecule has 0 unspecified atom stereocenters. The molecule has 8 heteroatoms. The van der Waals surface area contributed by atoms with Crippen molar-refractivity contribution >= 4 is 33.7 Å². The lowest BCUT2D eigenvalue weighted by atomic mass is 10.0. The first-order valence-corrected chi connectivity index (χ1v) is 10.6. The average molecular weight is 440 g/mol. The molecule has 0 bridgehead atoms. The molecule has 1 heterocycles. The number of nitrogens with two attached hydrogens (primary N) is 1. The lowest BCUT2D eigenvalue weighted by Crippen LogP contribution is -2.44. The predicted octanol–water partition coefficient (Wildman–Crippen LogP) is 4.11. The lowest BCUT2D eigenvalue weighted by Gasteiger charge is -2.35. The fourth-order valence-corrected chi connectivity index (χ4v) is 3.97. The van der Waals surface area contributed by atoms with Crippen LogP contribution in [0.5, 0.6) is 5.75 Å². The Bertz CT molecular complexity index is 1160. The normalized spacial score (nSPS) is 14.6. The summed E-state index contributed by atoms with van der Waals surface area (Å²) in [7, 11) is 2.08. The quantitative estimate of drug-likeness (QED) is 0.604. The highest BCUT2D eigenvalue weighted by molar-refractivity contribution is 6.10. The molecule has 4 rings (SSSR count). The van der Waals surface area contributed by atoms with Crippen molar-refractivity contribution < 1.29 is 18.3 Å². The number of fused-ring (bicyclic) bond motifs is 1. The van der Waals surface area contributed by atoms with Gasteiger partial charge in [-0.15, -0.1) is 0 Å². The molecule has 1 fully saturated rings. The van der Waals surface area contributed by atoms with Crippen molar-refractivity contribution in [3.05, 3.63) is 59.7 Å². The predicted molar refractivity (Wildman–Crippen MR) is 123 cm³/mol. The van der Waals surface area contributed by atoms with Crippen molar-refractivity contribution in [2.24, 2.45) is 5.73 Å². The van der Waals surface area contributed by atoms with Crippen LogP contribution in [0.2, 0.25) is 0 Å². The van der Waals surface area contributed by atoms with E-state index in [9.17, 15) is 13.6 Å². The number of rotatable bonds is 6. The third kappa shape index (κ3) is 4.31. The van der Waals surface area contributed by atoms with Gasteiger partial charge in [-0.2, -0.15) is 0 Å². The van der Waals surface area contributed by atoms with Crippen molar-refractivity contribution in [3.63, 3.8) is 0 Å². The van der Waals surface area contributed by atoms with E-state index in [2.05, 4.69) is 22.2 Å². The Labute approximate surface area is 185 Å². The van der Waals surface area contributed by atoms with Gasteiger partial charge in [-0.05, 0) is 49.7 Å². The summed E-state index contributed by atoms with van der Waals surface area (Å²) in [6.45, 7) is 5.92. The van der Waals surface area contributed by atoms with Crippen LogP contribution in [0.3, 0.4) is 0 Å². The second kappa shape index (κ2) is 9.00. The smallest absolute Gasteiger partial charge is 0.250 e. The molecule has 0 saturated carbocycles. The first-order chi connectivity index (χ1) is 15.4. The zero-order valence-electron chi connectivity index (χ0n) is 18.1. The summed E-state index contributed by atoms with van der Waals surface area (Å²) in [6.07, 6.45) is 0. The number of piperazine rings is 1. The van der Waals surface area contributed by atoms with Crippen LogP contribution in [0.1, 0.15) is 17.3 Å². The van der Waals surface area contributed by atoms with E-state index in [1.165, 1.54) is 6.07 Å². The van der Waals surface area contributed by atoms with Crippen LogP contribution in [0.15, 0.2) is 42.5 Å². The van der Waals surface area contributed by atoms with Crippen molar-refractivity contribution in [3.8, 4) is 5.75 Å². The highest BCUT2D eigenvalue weighted by atomic mass is 19.1. The highest BCUT2D eigenvalue weighted by Gasteiger charge is 2.21. The molecule has 1 saturated heterocycles. The standard InChI is InChI=1S/C24H26F2N4O2/c1-3-32-22-12-15-4-6-17(24(27)31)23(28-20-7-5-16(25)13-19(20)26)18(15)14-21(22)30-10-8-29(2)9-11-30/h4-7,12-14,28H,3,8-11H2,1-2H3,(H2,27,31). The Morgan fingerprint density at radius 3 is 2.50 bits per heavy atom. The summed E-state index contributed by atoms with van der Waals surface area (Å²) in [5.74, 6) is -1.34. The Kier molecular flexibility index (Phi) is 6.14. The summed E-state index contributed by atoms with van der Waals surface area (Å²) in [6, 6.07) is 10.5. The summed E-state index contributed by atoms with van der Waals surface area (Å²) in [4.78, 5) is 16.7. The molecule has 3 aromatic carbocycles. The maximum atomic E-state index is 14.4. The van der Waals surface area contributed by atoms with Crippen molar-refractivity contribution in [2.45, 2.75) is 6.92 Å². The van der Waals surface area contributed by atoms with Crippen LogP contribution in [-0.2, 0) is 0 Å². The molecule has 168 valence electrons. The number of nitrogens with zero attached hydrogens (tertiary/aromatic N) is 2. The summed E-state index contributed by atoms with van der Waals surface area (Å²) >= 11 is 0. The van der Waals surface area contributed by atoms with Gasteiger partial charge in [-0.1, -0.05) is 6.07 Å². The number of hydrogen-bond acceptors (Lipinski definition) is 5. The van der Waals surface area contributed by atoms with Gasteiger partial charge < -0.3 is 25.6 Å². The van der Waals surface area contributed by atoms with E-state index in [-0.39, 0.29) is 11.3 Å². The number of halogens is 2. The molecule has 0 atom stereocenters. The Balaban J connectivity index is 1.88. The second-order valence-corrected chi connectivity index (χ2v) is 7.87. The maximum Gasteiger partial charge on any atom is 0.250 e. The minimum Gasteiger partial charge on any atom is -0.492 e. The molecular weight excluding hydrogens is 414 g/mol. The fraction of sp³-hybridized carbons (Fsp3) is 0.292. The summed E-state index contributed by atoms with van der Waals surface area (Å²) in [5.41, 5.74) is 7.17. The van der Waals surface area contributed by atoms with Crippen LogP contribution in [0.4, 0.5) is 25.8 Å². The van der Waals surface area contributed by atoms with E-state index in [1.54, 1.807) is 12.1 Å².